The van der Waals surface area contributed by atoms with Crippen molar-refractivity contribution in [3.8, 4) is 11.5 Å². The highest BCUT2D eigenvalue weighted by Crippen LogP contribution is 2.26. The Morgan fingerprint density at radius 1 is 0.860 bits per heavy atom. The second-order valence-corrected chi connectivity index (χ2v) is 11.6. The van der Waals surface area contributed by atoms with Gasteiger partial charge in [-0.15, -0.1) is 0 Å². The van der Waals surface area contributed by atoms with Crippen molar-refractivity contribution in [1.82, 2.24) is 5.43 Å². The van der Waals surface area contributed by atoms with Crippen LogP contribution >= 0.6 is 23.2 Å². The Bertz CT molecular complexity index is 1700. The van der Waals surface area contributed by atoms with E-state index in [0.29, 0.717) is 32.8 Å². The molecule has 2 amide bonds. The van der Waals surface area contributed by atoms with Crippen LogP contribution in [0.25, 0.3) is 0 Å². The molecule has 4 aromatic rings. The topological polar surface area (TPSA) is 126 Å². The summed E-state index contributed by atoms with van der Waals surface area (Å²) in [5.74, 6) is -0.0843. The van der Waals surface area contributed by atoms with Gasteiger partial charge in [-0.25, -0.2) is 13.8 Å². The summed E-state index contributed by atoms with van der Waals surface area (Å²) in [7, 11) is -2.65. The number of sulfonamides is 1. The molecule has 0 fully saturated rings. The molecule has 0 unspecified atom stereocenters. The molecule has 0 bridgehead atoms. The van der Waals surface area contributed by atoms with E-state index < -0.39 is 22.5 Å². The fourth-order valence-electron chi connectivity index (χ4n) is 3.70. The normalized spacial score (nSPS) is 11.1. The summed E-state index contributed by atoms with van der Waals surface area (Å²) in [4.78, 5) is 24.9. The number of carbonyl (C=O) groups is 2. The van der Waals surface area contributed by atoms with Gasteiger partial charge in [-0.05, 0) is 96.6 Å². The molecule has 0 heterocycles. The molecule has 0 aliphatic carbocycles. The Kier molecular flexibility index (Phi) is 10.6. The van der Waals surface area contributed by atoms with E-state index in [1.54, 1.807) is 48.5 Å². The van der Waals surface area contributed by atoms with Crippen molar-refractivity contribution in [2.75, 3.05) is 29.9 Å². The van der Waals surface area contributed by atoms with Crippen LogP contribution in [-0.4, -0.2) is 46.7 Å². The van der Waals surface area contributed by atoms with Crippen molar-refractivity contribution in [2.45, 2.75) is 4.90 Å². The molecule has 43 heavy (non-hydrogen) atoms. The van der Waals surface area contributed by atoms with Gasteiger partial charge in [-0.2, -0.15) is 5.10 Å². The van der Waals surface area contributed by atoms with Gasteiger partial charge < -0.3 is 14.8 Å². The van der Waals surface area contributed by atoms with E-state index in [2.05, 4.69) is 15.8 Å². The number of hydrogen-bond acceptors (Lipinski definition) is 7. The number of amides is 2. The quantitative estimate of drug-likeness (QED) is 0.158. The van der Waals surface area contributed by atoms with Crippen LogP contribution in [0, 0.1) is 0 Å². The zero-order chi connectivity index (χ0) is 30.8. The largest absolute Gasteiger partial charge is 0.497 e. The SMILES string of the molecule is COc1ccc(S(=O)(=O)N(CC(=O)N/N=C/c2ccc(OCC(=O)Nc3cccc(Cl)c3)cc2)c2ccc(Cl)cc2)cc1. The Hall–Kier alpha value is -4.58. The van der Waals surface area contributed by atoms with Crippen LogP contribution in [0.2, 0.25) is 10.0 Å². The highest BCUT2D eigenvalue weighted by atomic mass is 35.5. The Labute approximate surface area is 258 Å². The third kappa shape index (κ3) is 8.95. The second-order valence-electron chi connectivity index (χ2n) is 8.87. The number of anilines is 2. The second kappa shape index (κ2) is 14.5. The van der Waals surface area contributed by atoms with Crippen molar-refractivity contribution in [2.24, 2.45) is 5.10 Å². The maximum atomic E-state index is 13.5. The smallest absolute Gasteiger partial charge is 0.264 e. The fraction of sp³-hybridized carbons (Fsp3) is 0.100. The first-order chi connectivity index (χ1) is 20.6. The van der Waals surface area contributed by atoms with Gasteiger partial charge in [0.05, 0.1) is 23.9 Å². The number of nitrogens with zero attached hydrogens (tertiary/aromatic N) is 2. The van der Waals surface area contributed by atoms with Crippen molar-refractivity contribution in [3.63, 3.8) is 0 Å². The van der Waals surface area contributed by atoms with Gasteiger partial charge in [0.15, 0.2) is 6.61 Å². The first-order valence-electron chi connectivity index (χ1n) is 12.7. The number of rotatable bonds is 12. The lowest BCUT2D eigenvalue weighted by molar-refractivity contribution is -0.119. The van der Waals surface area contributed by atoms with Gasteiger partial charge in [0.25, 0.3) is 21.8 Å². The number of nitrogens with one attached hydrogen (secondary N) is 2. The van der Waals surface area contributed by atoms with Gasteiger partial charge in [0, 0.05) is 15.7 Å². The van der Waals surface area contributed by atoms with Crippen LogP contribution in [0.4, 0.5) is 11.4 Å². The maximum Gasteiger partial charge on any atom is 0.264 e. The monoisotopic (exact) mass is 640 g/mol. The van der Waals surface area contributed by atoms with E-state index in [9.17, 15) is 18.0 Å². The standard InChI is InChI=1S/C30H26Cl2N4O6S/c1-41-26-13-15-28(16-14-26)43(39,40)36(25-9-7-22(31)8-10-25)19-29(37)35-33-18-21-5-11-27(12-6-21)42-20-30(38)34-24-4-2-3-23(32)17-24/h2-18H,19-20H2,1H3,(H,34,38)(H,35,37)/b33-18+. The minimum Gasteiger partial charge on any atom is -0.497 e. The molecule has 0 saturated carbocycles. The van der Waals surface area contributed by atoms with E-state index in [1.807, 2.05) is 0 Å². The van der Waals surface area contributed by atoms with Gasteiger partial charge in [-0.1, -0.05) is 29.3 Å². The van der Waals surface area contributed by atoms with E-state index >= 15 is 0 Å². The van der Waals surface area contributed by atoms with Crippen molar-refractivity contribution in [1.29, 1.82) is 0 Å². The molecule has 0 saturated heterocycles. The first kappa shape index (κ1) is 31.4. The van der Waals surface area contributed by atoms with E-state index in [1.165, 1.54) is 61.9 Å². The molecule has 0 aromatic heterocycles. The molecular weight excluding hydrogens is 615 g/mol. The molecule has 13 heteroatoms. The molecule has 0 spiro atoms. The fourth-order valence-corrected chi connectivity index (χ4v) is 5.44. The van der Waals surface area contributed by atoms with E-state index in [4.69, 9.17) is 32.7 Å². The van der Waals surface area contributed by atoms with Crippen molar-refractivity contribution in [3.05, 3.63) is 113 Å². The minimum atomic E-state index is -4.13. The highest BCUT2D eigenvalue weighted by molar-refractivity contribution is 7.92. The average molecular weight is 642 g/mol. The van der Waals surface area contributed by atoms with E-state index in [0.717, 1.165) is 4.31 Å². The molecule has 2 N–H and O–H groups in total. The Balaban J connectivity index is 1.35. The summed E-state index contributed by atoms with van der Waals surface area (Å²) in [5, 5.41) is 7.55. The van der Waals surface area contributed by atoms with E-state index in [-0.39, 0.29) is 23.1 Å². The van der Waals surface area contributed by atoms with Crippen LogP contribution in [0.15, 0.2) is 107 Å². The molecule has 0 radical (unpaired) electrons. The van der Waals surface area contributed by atoms with Crippen LogP contribution < -0.4 is 24.5 Å². The van der Waals surface area contributed by atoms with Gasteiger partial charge in [0.1, 0.15) is 18.0 Å². The summed E-state index contributed by atoms with van der Waals surface area (Å²) in [5.41, 5.74) is 3.78. The molecule has 10 nitrogen and oxygen atoms in total. The average Bonchev–Trinajstić information content (AvgIpc) is 3.00. The molecular formula is C30H26Cl2N4O6S. The number of halogens is 2. The van der Waals surface area contributed by atoms with Crippen LogP contribution in [0.5, 0.6) is 11.5 Å². The number of hydrogen-bond donors (Lipinski definition) is 2. The van der Waals surface area contributed by atoms with Crippen LogP contribution in [0.3, 0.4) is 0 Å². The zero-order valence-corrected chi connectivity index (χ0v) is 25.1. The first-order valence-corrected chi connectivity index (χ1v) is 14.9. The Morgan fingerprint density at radius 2 is 1.53 bits per heavy atom. The molecule has 4 rings (SSSR count). The van der Waals surface area contributed by atoms with Crippen LogP contribution in [0.1, 0.15) is 5.56 Å². The number of hydrazone groups is 1. The lowest BCUT2D eigenvalue weighted by Gasteiger charge is -2.23. The van der Waals surface area contributed by atoms with Crippen LogP contribution in [-0.2, 0) is 19.6 Å². The van der Waals surface area contributed by atoms with Crippen molar-refractivity contribution < 1.29 is 27.5 Å². The lowest BCUT2D eigenvalue weighted by atomic mass is 10.2. The summed E-state index contributed by atoms with van der Waals surface area (Å²) in [6.07, 6.45) is 1.39. The minimum absolute atomic E-state index is 0.0243. The summed E-state index contributed by atoms with van der Waals surface area (Å²) in [6, 6.07) is 25.3. The third-order valence-electron chi connectivity index (χ3n) is 5.81. The number of benzene rings is 4. The summed E-state index contributed by atoms with van der Waals surface area (Å²) >= 11 is 11.9. The maximum absolute atomic E-state index is 13.5. The number of ether oxygens (including phenoxy) is 2. The molecule has 0 aliphatic rings. The third-order valence-corrected chi connectivity index (χ3v) is 8.09. The van der Waals surface area contributed by atoms with Crippen molar-refractivity contribution >= 4 is 62.6 Å². The Morgan fingerprint density at radius 3 is 2.19 bits per heavy atom. The molecule has 4 aromatic carbocycles. The number of methoxy groups -OCH3 is 1. The molecule has 0 atom stereocenters. The highest BCUT2D eigenvalue weighted by Gasteiger charge is 2.27. The predicted molar refractivity (Wildman–Crippen MR) is 167 cm³/mol. The summed E-state index contributed by atoms with van der Waals surface area (Å²) < 4.78 is 38.5. The predicted octanol–water partition coefficient (Wildman–Crippen LogP) is 5.37. The lowest BCUT2D eigenvalue weighted by Crippen LogP contribution is -2.39. The zero-order valence-electron chi connectivity index (χ0n) is 22.7. The van der Waals surface area contributed by atoms with Gasteiger partial charge in [0.2, 0.25) is 0 Å². The summed E-state index contributed by atoms with van der Waals surface area (Å²) in [6.45, 7) is -0.753. The van der Waals surface area contributed by atoms with Gasteiger partial charge >= 0.3 is 0 Å². The molecule has 222 valence electrons. The van der Waals surface area contributed by atoms with Gasteiger partial charge in [-0.3, -0.25) is 13.9 Å². The molecule has 0 aliphatic heterocycles. The number of carbonyl (C=O) groups excluding carboxylic acids is 2.